The van der Waals surface area contributed by atoms with Crippen LogP contribution in [0.15, 0.2) is 42.5 Å². The second-order valence-corrected chi connectivity index (χ2v) is 11.5. The first kappa shape index (κ1) is 30.2. The van der Waals surface area contributed by atoms with Gasteiger partial charge in [0.2, 0.25) is 17.7 Å². The van der Waals surface area contributed by atoms with Crippen LogP contribution in [-0.4, -0.2) is 76.3 Å². The molecule has 10 heteroatoms. The number of hydrogen-bond donors (Lipinski definition) is 3. The Balaban J connectivity index is 1.65. The van der Waals surface area contributed by atoms with Gasteiger partial charge in [-0.1, -0.05) is 38.1 Å². The minimum Gasteiger partial charge on any atom is -0.343 e. The standard InChI is InChI=1S/C31H41FN6O3/c1-18(2)16-27(39)37(6)17-25(35-30(40)20(4)33-5)31(41)38-19(3)10-15-26(38)29-34-24-9-7-8-23(28(24)36-29)21-11-13-22(32)14-12-21/h7-9,11-14,18-20,25-26,33H,10,15-17H2,1-6H3,(H,34,36)(H,35,40)/t19?,20-,25-,26-/m0/s1. The summed E-state index contributed by atoms with van der Waals surface area (Å²) in [6.45, 7) is 7.72. The fourth-order valence-electron chi connectivity index (χ4n) is 5.37. The quantitative estimate of drug-likeness (QED) is 0.345. The van der Waals surface area contributed by atoms with E-state index < -0.39 is 12.1 Å². The van der Waals surface area contributed by atoms with Crippen molar-refractivity contribution >= 4 is 28.8 Å². The highest BCUT2D eigenvalue weighted by Crippen LogP contribution is 2.37. The molecule has 1 aliphatic heterocycles. The Labute approximate surface area is 240 Å². The summed E-state index contributed by atoms with van der Waals surface area (Å²) in [5, 5.41) is 5.80. The van der Waals surface area contributed by atoms with E-state index >= 15 is 0 Å². The number of carbonyl (C=O) groups excluding carboxylic acids is 3. The summed E-state index contributed by atoms with van der Waals surface area (Å²) >= 11 is 0. The van der Waals surface area contributed by atoms with E-state index in [1.54, 1.807) is 38.1 Å². The second-order valence-electron chi connectivity index (χ2n) is 11.5. The van der Waals surface area contributed by atoms with Crippen LogP contribution in [0.3, 0.4) is 0 Å². The third kappa shape index (κ3) is 6.75. The third-order valence-corrected chi connectivity index (χ3v) is 7.83. The van der Waals surface area contributed by atoms with Crippen molar-refractivity contribution in [1.29, 1.82) is 0 Å². The highest BCUT2D eigenvalue weighted by atomic mass is 19.1. The lowest BCUT2D eigenvalue weighted by molar-refractivity contribution is -0.141. The van der Waals surface area contributed by atoms with Crippen molar-refractivity contribution in [2.24, 2.45) is 5.92 Å². The molecule has 9 nitrogen and oxygen atoms in total. The maximum absolute atomic E-state index is 14.2. The molecule has 0 saturated carbocycles. The number of carbonyl (C=O) groups is 3. The number of amides is 3. The van der Waals surface area contributed by atoms with E-state index in [0.29, 0.717) is 18.7 Å². The van der Waals surface area contributed by atoms with Gasteiger partial charge < -0.3 is 25.4 Å². The molecule has 4 atom stereocenters. The highest BCUT2D eigenvalue weighted by Gasteiger charge is 2.41. The molecule has 3 N–H and O–H groups in total. The predicted octanol–water partition coefficient (Wildman–Crippen LogP) is 4.02. The summed E-state index contributed by atoms with van der Waals surface area (Å²) in [5.74, 6) is -0.115. The van der Waals surface area contributed by atoms with Gasteiger partial charge in [0.25, 0.3) is 0 Å². The molecule has 0 aliphatic carbocycles. The summed E-state index contributed by atoms with van der Waals surface area (Å²) in [7, 11) is 3.35. The van der Waals surface area contributed by atoms with E-state index in [2.05, 4.69) is 15.6 Å². The Hall–Kier alpha value is -3.79. The molecule has 1 unspecified atom stereocenters. The molecule has 1 aliphatic rings. The predicted molar refractivity (Wildman–Crippen MR) is 157 cm³/mol. The number of imidazole rings is 1. The van der Waals surface area contributed by atoms with Crippen molar-refractivity contribution in [2.75, 3.05) is 20.6 Å². The number of aromatic amines is 1. The topological polar surface area (TPSA) is 110 Å². The molecule has 1 aromatic heterocycles. The van der Waals surface area contributed by atoms with Crippen molar-refractivity contribution in [2.45, 2.75) is 71.1 Å². The summed E-state index contributed by atoms with van der Waals surface area (Å²) < 4.78 is 13.6. The maximum Gasteiger partial charge on any atom is 0.247 e. The average Bonchev–Trinajstić information content (AvgIpc) is 3.55. The van der Waals surface area contributed by atoms with Crippen molar-refractivity contribution in [1.82, 2.24) is 30.4 Å². The van der Waals surface area contributed by atoms with Crippen LogP contribution in [0, 0.1) is 11.7 Å². The number of rotatable bonds is 10. The minimum atomic E-state index is -0.915. The molecular weight excluding hydrogens is 523 g/mol. The Morgan fingerprint density at radius 3 is 2.49 bits per heavy atom. The fourth-order valence-corrected chi connectivity index (χ4v) is 5.37. The Morgan fingerprint density at radius 1 is 1.12 bits per heavy atom. The van der Waals surface area contributed by atoms with Gasteiger partial charge >= 0.3 is 0 Å². The largest absolute Gasteiger partial charge is 0.343 e. The number of fused-ring (bicyclic) bond motifs is 1. The van der Waals surface area contributed by atoms with Gasteiger partial charge in [0.05, 0.1) is 23.1 Å². The van der Waals surface area contributed by atoms with E-state index in [1.165, 1.54) is 17.0 Å². The molecule has 1 saturated heterocycles. The highest BCUT2D eigenvalue weighted by molar-refractivity contribution is 5.93. The zero-order chi connectivity index (χ0) is 29.8. The van der Waals surface area contributed by atoms with Gasteiger partial charge in [0.15, 0.2) is 0 Å². The number of nitrogens with zero attached hydrogens (tertiary/aromatic N) is 3. The Kier molecular flexibility index (Phi) is 9.42. The molecule has 2 aromatic carbocycles. The molecule has 0 spiro atoms. The molecule has 0 bridgehead atoms. The third-order valence-electron chi connectivity index (χ3n) is 7.83. The van der Waals surface area contributed by atoms with Crippen LogP contribution in [0.25, 0.3) is 22.2 Å². The first-order valence-corrected chi connectivity index (χ1v) is 14.3. The van der Waals surface area contributed by atoms with Crippen molar-refractivity contribution in [3.8, 4) is 11.1 Å². The van der Waals surface area contributed by atoms with Crippen molar-refractivity contribution in [3.63, 3.8) is 0 Å². The Morgan fingerprint density at radius 2 is 1.83 bits per heavy atom. The van der Waals surface area contributed by atoms with Crippen LogP contribution in [0.1, 0.15) is 58.8 Å². The van der Waals surface area contributed by atoms with Gasteiger partial charge in [-0.25, -0.2) is 9.37 Å². The van der Waals surface area contributed by atoms with Gasteiger partial charge in [-0.05, 0) is 63.4 Å². The average molecular weight is 565 g/mol. The van der Waals surface area contributed by atoms with E-state index in [0.717, 1.165) is 28.6 Å². The smallest absolute Gasteiger partial charge is 0.247 e. The van der Waals surface area contributed by atoms with Crippen LogP contribution in [-0.2, 0) is 14.4 Å². The van der Waals surface area contributed by atoms with Crippen LogP contribution in [0.4, 0.5) is 4.39 Å². The van der Waals surface area contributed by atoms with Gasteiger partial charge in [0, 0.05) is 31.6 Å². The lowest BCUT2D eigenvalue weighted by Crippen LogP contribution is -2.57. The molecule has 4 rings (SSSR count). The van der Waals surface area contributed by atoms with Gasteiger partial charge in [0.1, 0.15) is 17.7 Å². The molecule has 0 radical (unpaired) electrons. The van der Waals surface area contributed by atoms with Crippen LogP contribution >= 0.6 is 0 Å². The number of nitrogens with one attached hydrogen (secondary N) is 3. The van der Waals surface area contributed by atoms with Crippen LogP contribution in [0.5, 0.6) is 0 Å². The molecule has 3 aromatic rings. The van der Waals surface area contributed by atoms with Gasteiger partial charge in [-0.2, -0.15) is 0 Å². The lowest BCUT2D eigenvalue weighted by atomic mass is 10.0. The van der Waals surface area contributed by atoms with E-state index in [4.69, 9.17) is 4.98 Å². The SMILES string of the molecule is CN[C@@H](C)C(=O)N[C@@H](CN(C)C(=O)CC(C)C)C(=O)N1C(C)CC[C@H]1c1nc2c(-c3ccc(F)cc3)cccc2[nH]1. The number of likely N-dealkylation sites (N-methyl/N-ethyl adjacent to an activating group) is 2. The van der Waals surface area contributed by atoms with Crippen LogP contribution < -0.4 is 10.6 Å². The zero-order valence-electron chi connectivity index (χ0n) is 24.7. The number of halogens is 1. The molecule has 41 heavy (non-hydrogen) atoms. The fraction of sp³-hybridized carbons (Fsp3) is 0.484. The first-order chi connectivity index (χ1) is 19.5. The molecule has 220 valence electrons. The summed E-state index contributed by atoms with van der Waals surface area (Å²) in [6, 6.07) is 10.3. The summed E-state index contributed by atoms with van der Waals surface area (Å²) in [5.41, 5.74) is 3.27. The Bertz CT molecular complexity index is 1390. The normalized spacial score (nSPS) is 18.5. The number of H-pyrrole nitrogens is 1. The van der Waals surface area contributed by atoms with E-state index in [-0.39, 0.29) is 48.1 Å². The zero-order valence-corrected chi connectivity index (χ0v) is 24.7. The number of para-hydroxylation sites is 1. The van der Waals surface area contributed by atoms with E-state index in [1.807, 2.05) is 39.0 Å². The summed E-state index contributed by atoms with van der Waals surface area (Å²) in [6.07, 6.45) is 1.83. The first-order valence-electron chi connectivity index (χ1n) is 14.3. The molecule has 3 amide bonds. The number of benzene rings is 2. The monoisotopic (exact) mass is 564 g/mol. The maximum atomic E-state index is 14.2. The number of likely N-dealkylation sites (tertiary alicyclic amines) is 1. The summed E-state index contributed by atoms with van der Waals surface area (Å²) in [4.78, 5) is 51.5. The number of aromatic nitrogens is 2. The van der Waals surface area contributed by atoms with Crippen molar-refractivity contribution < 1.29 is 18.8 Å². The van der Waals surface area contributed by atoms with Crippen LogP contribution in [0.2, 0.25) is 0 Å². The number of hydrogen-bond acceptors (Lipinski definition) is 5. The van der Waals surface area contributed by atoms with E-state index in [9.17, 15) is 18.8 Å². The van der Waals surface area contributed by atoms with Crippen molar-refractivity contribution in [3.05, 3.63) is 54.1 Å². The second kappa shape index (κ2) is 12.8. The molecular formula is C31H41FN6O3. The minimum absolute atomic E-state index is 0.0668. The van der Waals surface area contributed by atoms with Gasteiger partial charge in [-0.15, -0.1) is 0 Å². The molecule has 2 heterocycles. The molecule has 1 fully saturated rings. The van der Waals surface area contributed by atoms with Gasteiger partial charge in [-0.3, -0.25) is 14.4 Å². The lowest BCUT2D eigenvalue weighted by Gasteiger charge is -2.33.